The summed E-state index contributed by atoms with van der Waals surface area (Å²) in [6, 6.07) is 0. The van der Waals surface area contributed by atoms with Gasteiger partial charge in [-0.2, -0.15) is 0 Å². The molecule has 0 aromatic carbocycles. The smallest absolute Gasteiger partial charge is 0.157 e. The fraction of sp³-hybridized carbons (Fsp3) is 0.300. The Balaban J connectivity index is 2.39. The van der Waals surface area contributed by atoms with E-state index in [-0.39, 0.29) is 5.92 Å². The number of rotatable bonds is 1. The molecule has 2 rings (SSSR count). The van der Waals surface area contributed by atoms with E-state index in [2.05, 4.69) is 19.1 Å². The van der Waals surface area contributed by atoms with Crippen LogP contribution in [0.1, 0.15) is 6.92 Å². The van der Waals surface area contributed by atoms with Gasteiger partial charge in [-0.25, -0.2) is 0 Å². The van der Waals surface area contributed by atoms with Gasteiger partial charge in [-0.05, 0) is 6.92 Å². The average molecular weight is 213 g/mol. The van der Waals surface area contributed by atoms with Crippen molar-refractivity contribution in [1.82, 2.24) is 0 Å². The van der Waals surface area contributed by atoms with Crippen molar-refractivity contribution in [2.24, 2.45) is 5.92 Å². The predicted molar refractivity (Wildman–Crippen MR) is 56.7 cm³/mol. The molecule has 0 amide bonds. The third kappa shape index (κ3) is 1.38. The van der Waals surface area contributed by atoms with Crippen LogP contribution in [0.3, 0.4) is 0 Å². The molecule has 0 aromatic heterocycles. The van der Waals surface area contributed by atoms with Crippen LogP contribution in [0.4, 0.5) is 0 Å². The molecular formula is C10H9ClOS. The number of carbonyl (C=O) groups is 1. The molecule has 0 radical (unpaired) electrons. The Morgan fingerprint density at radius 1 is 1.62 bits per heavy atom. The third-order valence-corrected chi connectivity index (χ3v) is 4.18. The minimum Gasteiger partial charge on any atom is -0.297 e. The highest BCUT2D eigenvalue weighted by Gasteiger charge is 2.35. The minimum absolute atomic E-state index is 0.233. The van der Waals surface area contributed by atoms with Crippen molar-refractivity contribution in [3.05, 3.63) is 33.7 Å². The molecule has 2 aliphatic rings. The van der Waals surface area contributed by atoms with Crippen LogP contribution in [0.15, 0.2) is 33.7 Å². The Labute approximate surface area is 86.5 Å². The van der Waals surface area contributed by atoms with E-state index in [4.69, 9.17) is 11.6 Å². The van der Waals surface area contributed by atoms with Gasteiger partial charge in [0.15, 0.2) is 6.29 Å². The van der Waals surface area contributed by atoms with Crippen molar-refractivity contribution < 1.29 is 4.79 Å². The first-order valence-corrected chi connectivity index (χ1v) is 5.36. The number of allylic oxidation sites excluding steroid dienone is 5. The quantitative estimate of drug-likeness (QED) is 0.622. The van der Waals surface area contributed by atoms with Crippen LogP contribution in [0.25, 0.3) is 0 Å². The zero-order valence-electron chi connectivity index (χ0n) is 7.16. The molecule has 0 spiro atoms. The zero-order chi connectivity index (χ0) is 9.42. The van der Waals surface area contributed by atoms with E-state index in [0.717, 1.165) is 6.29 Å². The summed E-state index contributed by atoms with van der Waals surface area (Å²) in [5.41, 5.74) is 1.24. The maximum atomic E-state index is 10.7. The summed E-state index contributed by atoms with van der Waals surface area (Å²) in [5, 5.41) is 1.04. The van der Waals surface area contributed by atoms with Crippen LogP contribution in [-0.4, -0.2) is 11.5 Å². The second-order valence-electron chi connectivity index (χ2n) is 3.19. The van der Waals surface area contributed by atoms with Gasteiger partial charge in [-0.15, -0.1) is 11.8 Å². The first-order valence-electron chi connectivity index (χ1n) is 4.10. The summed E-state index contributed by atoms with van der Waals surface area (Å²) in [6.45, 7) is 2.05. The zero-order valence-corrected chi connectivity index (χ0v) is 8.73. The van der Waals surface area contributed by atoms with Gasteiger partial charge in [0.05, 0.1) is 4.91 Å². The SMILES string of the molecule is CC1=CC=C[C@@H]2SC(C=O)=C(Cl)[C@@H]12. The molecule has 0 bridgehead atoms. The molecule has 1 nitrogen and oxygen atoms in total. The molecule has 0 saturated heterocycles. The average Bonchev–Trinajstić information content (AvgIpc) is 2.44. The molecule has 1 aliphatic heterocycles. The first kappa shape index (κ1) is 9.10. The molecule has 0 saturated carbocycles. The molecular weight excluding hydrogens is 204 g/mol. The lowest BCUT2D eigenvalue weighted by Crippen LogP contribution is -2.14. The van der Waals surface area contributed by atoms with E-state index < -0.39 is 0 Å². The molecule has 2 atom stereocenters. The van der Waals surface area contributed by atoms with Gasteiger partial charge < -0.3 is 0 Å². The highest BCUT2D eigenvalue weighted by Crippen LogP contribution is 2.48. The fourth-order valence-electron chi connectivity index (χ4n) is 1.68. The fourth-order valence-corrected chi connectivity index (χ4v) is 3.49. The number of carbonyl (C=O) groups excluding carboxylic acids is 1. The van der Waals surface area contributed by atoms with Crippen molar-refractivity contribution in [2.75, 3.05) is 0 Å². The molecule has 0 aromatic rings. The van der Waals surface area contributed by atoms with Crippen LogP contribution < -0.4 is 0 Å². The topological polar surface area (TPSA) is 17.1 Å². The highest BCUT2D eigenvalue weighted by atomic mass is 35.5. The number of hydrogen-bond donors (Lipinski definition) is 0. The number of thioether (sulfide) groups is 1. The Kier molecular flexibility index (Phi) is 2.35. The van der Waals surface area contributed by atoms with Gasteiger partial charge in [0.2, 0.25) is 0 Å². The molecule has 0 fully saturated rings. The standard InChI is InChI=1S/C10H9ClOS/c1-6-3-2-4-7-9(6)10(11)8(5-12)13-7/h2-5,7,9H,1H3/t7-,9-/m0/s1. The maximum Gasteiger partial charge on any atom is 0.157 e. The Bertz CT molecular complexity index is 341. The maximum absolute atomic E-state index is 10.7. The summed E-state index contributed by atoms with van der Waals surface area (Å²) in [7, 11) is 0. The van der Waals surface area contributed by atoms with Gasteiger partial charge in [0, 0.05) is 16.2 Å². The van der Waals surface area contributed by atoms with Crippen molar-refractivity contribution in [3.8, 4) is 0 Å². The highest BCUT2D eigenvalue weighted by molar-refractivity contribution is 8.05. The summed E-state index contributed by atoms with van der Waals surface area (Å²) < 4.78 is 0. The summed E-state index contributed by atoms with van der Waals surface area (Å²) in [4.78, 5) is 11.4. The van der Waals surface area contributed by atoms with Gasteiger partial charge in [0.25, 0.3) is 0 Å². The first-order chi connectivity index (χ1) is 6.24. The molecule has 0 unspecified atom stereocenters. The molecule has 13 heavy (non-hydrogen) atoms. The molecule has 1 heterocycles. The van der Waals surface area contributed by atoms with E-state index in [0.29, 0.717) is 15.2 Å². The summed E-state index contributed by atoms with van der Waals surface area (Å²) in [6.07, 6.45) is 7.03. The Morgan fingerprint density at radius 3 is 3.00 bits per heavy atom. The van der Waals surface area contributed by atoms with Crippen LogP contribution >= 0.6 is 23.4 Å². The summed E-state index contributed by atoms with van der Waals surface area (Å²) >= 11 is 7.66. The van der Waals surface area contributed by atoms with Gasteiger partial charge in [-0.1, -0.05) is 35.4 Å². The number of fused-ring (bicyclic) bond motifs is 1. The second kappa shape index (κ2) is 3.35. The van der Waals surface area contributed by atoms with Gasteiger partial charge in [0.1, 0.15) is 0 Å². The number of aldehydes is 1. The van der Waals surface area contributed by atoms with Crippen LogP contribution in [-0.2, 0) is 4.79 Å². The predicted octanol–water partition coefficient (Wildman–Crippen LogP) is 2.88. The van der Waals surface area contributed by atoms with Crippen molar-refractivity contribution in [2.45, 2.75) is 12.2 Å². The summed E-state index contributed by atoms with van der Waals surface area (Å²) in [5.74, 6) is 0.233. The molecule has 1 aliphatic carbocycles. The number of hydrogen-bond acceptors (Lipinski definition) is 2. The molecule has 3 heteroatoms. The van der Waals surface area contributed by atoms with Crippen molar-refractivity contribution >= 4 is 29.6 Å². The lowest BCUT2D eigenvalue weighted by atomic mass is 9.92. The third-order valence-electron chi connectivity index (χ3n) is 2.36. The van der Waals surface area contributed by atoms with E-state index >= 15 is 0 Å². The Morgan fingerprint density at radius 2 is 2.38 bits per heavy atom. The second-order valence-corrected chi connectivity index (χ2v) is 4.81. The normalized spacial score (nSPS) is 31.7. The lowest BCUT2D eigenvalue weighted by molar-refractivity contribution is -0.104. The Hall–Kier alpha value is -0.470. The van der Waals surface area contributed by atoms with Gasteiger partial charge >= 0.3 is 0 Å². The van der Waals surface area contributed by atoms with Crippen molar-refractivity contribution in [1.29, 1.82) is 0 Å². The van der Waals surface area contributed by atoms with E-state index in [1.165, 1.54) is 5.57 Å². The van der Waals surface area contributed by atoms with Crippen LogP contribution in [0.2, 0.25) is 0 Å². The van der Waals surface area contributed by atoms with E-state index in [1.54, 1.807) is 11.8 Å². The van der Waals surface area contributed by atoms with Crippen LogP contribution in [0, 0.1) is 5.92 Å². The number of halogens is 1. The minimum atomic E-state index is 0.233. The van der Waals surface area contributed by atoms with E-state index in [1.807, 2.05) is 6.08 Å². The van der Waals surface area contributed by atoms with Crippen molar-refractivity contribution in [3.63, 3.8) is 0 Å². The monoisotopic (exact) mass is 212 g/mol. The molecule has 68 valence electrons. The molecule has 0 N–H and O–H groups in total. The lowest BCUT2D eigenvalue weighted by Gasteiger charge is -2.20. The van der Waals surface area contributed by atoms with Gasteiger partial charge in [-0.3, -0.25) is 4.79 Å². The van der Waals surface area contributed by atoms with E-state index in [9.17, 15) is 4.79 Å². The largest absolute Gasteiger partial charge is 0.297 e. The van der Waals surface area contributed by atoms with Crippen LogP contribution in [0.5, 0.6) is 0 Å².